The van der Waals surface area contributed by atoms with Gasteiger partial charge in [-0.15, -0.1) is 0 Å². The van der Waals surface area contributed by atoms with Crippen molar-refractivity contribution >= 4 is 27.6 Å². The summed E-state index contributed by atoms with van der Waals surface area (Å²) in [6.07, 6.45) is 3.08. The molecule has 3 amide bonds. The van der Waals surface area contributed by atoms with Crippen LogP contribution in [0.15, 0.2) is 18.2 Å². The van der Waals surface area contributed by atoms with Crippen LogP contribution in [0.2, 0.25) is 0 Å². The molecule has 4 aliphatic rings. The standard InChI is InChI=1S/C23H30N4O5S/c24-17-5-6-33(31,32)23(10-17)8-15(9-23)12-25-11-14-1-2-18-16(7-14)13-27(22(18)30)19-3-4-20(28)26-21(19)29/h1-2,7,15,17,19,25H,3-6,8-13,24H2,(H,26,28,29). The van der Waals surface area contributed by atoms with Crippen LogP contribution >= 0.6 is 0 Å². The molecule has 178 valence electrons. The Kier molecular flexibility index (Phi) is 5.57. The number of carbonyl (C=O) groups is 3. The van der Waals surface area contributed by atoms with Crippen molar-refractivity contribution in [3.63, 3.8) is 0 Å². The minimum atomic E-state index is -3.05. The van der Waals surface area contributed by atoms with E-state index in [0.29, 0.717) is 56.7 Å². The molecule has 0 bridgehead atoms. The number of rotatable bonds is 5. The molecular weight excluding hydrogens is 444 g/mol. The molecule has 1 aliphatic carbocycles. The Balaban J connectivity index is 1.15. The van der Waals surface area contributed by atoms with Crippen molar-refractivity contribution in [1.29, 1.82) is 0 Å². The van der Waals surface area contributed by atoms with Crippen molar-refractivity contribution in [3.8, 4) is 0 Å². The number of nitrogens with two attached hydrogens (primary N) is 1. The molecule has 0 radical (unpaired) electrons. The molecule has 2 saturated heterocycles. The zero-order chi connectivity index (χ0) is 23.4. The second-order valence-electron chi connectivity index (χ2n) is 10.1. The van der Waals surface area contributed by atoms with Crippen LogP contribution in [0.3, 0.4) is 0 Å². The van der Waals surface area contributed by atoms with Crippen molar-refractivity contribution < 1.29 is 22.8 Å². The van der Waals surface area contributed by atoms with E-state index in [1.807, 2.05) is 12.1 Å². The molecule has 2 atom stereocenters. The molecule has 2 unspecified atom stereocenters. The predicted octanol–water partition coefficient (Wildman–Crippen LogP) is 0.222. The lowest BCUT2D eigenvalue weighted by molar-refractivity contribution is -0.136. The van der Waals surface area contributed by atoms with Gasteiger partial charge in [-0.3, -0.25) is 19.7 Å². The Morgan fingerprint density at radius 3 is 2.70 bits per heavy atom. The number of amides is 3. The van der Waals surface area contributed by atoms with Crippen LogP contribution in [-0.4, -0.2) is 60.2 Å². The summed E-state index contributed by atoms with van der Waals surface area (Å²) in [6, 6.07) is 5.06. The van der Waals surface area contributed by atoms with E-state index in [9.17, 15) is 22.8 Å². The first-order valence-corrected chi connectivity index (χ1v) is 13.3. The molecule has 4 N–H and O–H groups in total. The molecule has 1 spiro atoms. The van der Waals surface area contributed by atoms with Crippen LogP contribution in [0.4, 0.5) is 0 Å². The number of benzene rings is 1. The van der Waals surface area contributed by atoms with Crippen LogP contribution in [0, 0.1) is 5.92 Å². The summed E-state index contributed by atoms with van der Waals surface area (Å²) < 4.78 is 24.5. The van der Waals surface area contributed by atoms with Gasteiger partial charge in [0.25, 0.3) is 5.91 Å². The van der Waals surface area contributed by atoms with E-state index < -0.39 is 26.5 Å². The minimum Gasteiger partial charge on any atom is -0.328 e. The highest BCUT2D eigenvalue weighted by atomic mass is 32.2. The third kappa shape index (κ3) is 3.98. The Morgan fingerprint density at radius 1 is 1.15 bits per heavy atom. The highest BCUT2D eigenvalue weighted by Gasteiger charge is 2.55. The number of nitrogens with one attached hydrogen (secondary N) is 2. The molecule has 1 saturated carbocycles. The monoisotopic (exact) mass is 474 g/mol. The maximum absolute atomic E-state index is 12.8. The highest BCUT2D eigenvalue weighted by molar-refractivity contribution is 7.92. The molecule has 10 heteroatoms. The first kappa shape index (κ1) is 22.5. The summed E-state index contributed by atoms with van der Waals surface area (Å²) in [4.78, 5) is 37.9. The SMILES string of the molecule is NC1CCS(=O)(=O)C2(C1)CC(CNCc1ccc3c(c1)CN(C1CCC(=O)NC1=O)C3=O)C2. The Labute approximate surface area is 193 Å². The number of hydrogen-bond donors (Lipinski definition) is 3. The van der Waals surface area contributed by atoms with E-state index in [4.69, 9.17) is 5.73 Å². The van der Waals surface area contributed by atoms with Crippen LogP contribution in [0.5, 0.6) is 0 Å². The molecule has 5 rings (SSSR count). The van der Waals surface area contributed by atoms with Gasteiger partial charge in [0.05, 0.1) is 10.5 Å². The van der Waals surface area contributed by atoms with E-state index in [2.05, 4.69) is 10.6 Å². The van der Waals surface area contributed by atoms with Crippen LogP contribution in [0.1, 0.15) is 60.0 Å². The summed E-state index contributed by atoms with van der Waals surface area (Å²) in [5, 5.41) is 5.74. The predicted molar refractivity (Wildman–Crippen MR) is 121 cm³/mol. The first-order valence-electron chi connectivity index (χ1n) is 11.6. The van der Waals surface area contributed by atoms with E-state index >= 15 is 0 Å². The molecule has 9 nitrogen and oxygen atoms in total. The van der Waals surface area contributed by atoms with Gasteiger partial charge < -0.3 is 16.0 Å². The van der Waals surface area contributed by atoms with Gasteiger partial charge >= 0.3 is 0 Å². The third-order valence-electron chi connectivity index (χ3n) is 7.72. The Hall–Kier alpha value is -2.30. The number of hydrogen-bond acceptors (Lipinski definition) is 7. The Morgan fingerprint density at radius 2 is 1.94 bits per heavy atom. The number of imide groups is 1. The molecule has 3 aliphatic heterocycles. The van der Waals surface area contributed by atoms with E-state index in [1.54, 1.807) is 11.0 Å². The smallest absolute Gasteiger partial charge is 0.255 e. The average molecular weight is 475 g/mol. The van der Waals surface area contributed by atoms with Crippen molar-refractivity contribution in [2.75, 3.05) is 12.3 Å². The molecule has 33 heavy (non-hydrogen) atoms. The maximum atomic E-state index is 12.8. The van der Waals surface area contributed by atoms with Crippen LogP contribution in [0.25, 0.3) is 0 Å². The number of carbonyl (C=O) groups excluding carboxylic acids is 3. The molecule has 1 aromatic carbocycles. The van der Waals surface area contributed by atoms with Gasteiger partial charge in [0.2, 0.25) is 11.8 Å². The normalized spacial score (nSPS) is 33.1. The van der Waals surface area contributed by atoms with Crippen molar-refractivity contribution in [1.82, 2.24) is 15.5 Å². The number of piperidine rings is 1. The molecule has 3 heterocycles. The fraction of sp³-hybridized carbons (Fsp3) is 0.609. The topological polar surface area (TPSA) is 139 Å². The van der Waals surface area contributed by atoms with Crippen LogP contribution in [-0.2, 0) is 32.5 Å². The lowest BCUT2D eigenvalue weighted by Crippen LogP contribution is -2.58. The Bertz CT molecular complexity index is 1110. The fourth-order valence-corrected chi connectivity index (χ4v) is 8.44. The average Bonchev–Trinajstić information content (AvgIpc) is 3.05. The third-order valence-corrected chi connectivity index (χ3v) is 10.3. The van der Waals surface area contributed by atoms with Gasteiger partial charge in [0.1, 0.15) is 6.04 Å². The van der Waals surface area contributed by atoms with Gasteiger partial charge in [-0.1, -0.05) is 12.1 Å². The zero-order valence-electron chi connectivity index (χ0n) is 18.5. The number of sulfone groups is 1. The van der Waals surface area contributed by atoms with Gasteiger partial charge in [-0.05, 0) is 61.8 Å². The van der Waals surface area contributed by atoms with Gasteiger partial charge in [-0.2, -0.15) is 0 Å². The largest absolute Gasteiger partial charge is 0.328 e. The second kappa shape index (κ2) is 8.18. The second-order valence-corrected chi connectivity index (χ2v) is 12.6. The van der Waals surface area contributed by atoms with Crippen molar-refractivity contribution in [3.05, 3.63) is 34.9 Å². The molecule has 0 aromatic heterocycles. The number of nitrogens with zero attached hydrogens (tertiary/aromatic N) is 1. The van der Waals surface area contributed by atoms with Gasteiger partial charge in [-0.25, -0.2) is 8.42 Å². The van der Waals surface area contributed by atoms with Crippen molar-refractivity contribution in [2.24, 2.45) is 11.7 Å². The summed E-state index contributed by atoms with van der Waals surface area (Å²) >= 11 is 0. The molecular formula is C23H30N4O5S. The minimum absolute atomic E-state index is 0.0173. The zero-order valence-corrected chi connectivity index (χ0v) is 19.3. The fourth-order valence-electron chi connectivity index (χ4n) is 5.95. The van der Waals surface area contributed by atoms with Gasteiger partial charge in [0.15, 0.2) is 9.84 Å². The summed E-state index contributed by atoms with van der Waals surface area (Å²) in [7, 11) is -3.05. The van der Waals surface area contributed by atoms with Gasteiger partial charge in [0, 0.05) is 31.1 Å². The molecule has 3 fully saturated rings. The van der Waals surface area contributed by atoms with E-state index in [0.717, 1.165) is 17.7 Å². The summed E-state index contributed by atoms with van der Waals surface area (Å²) in [5.74, 6) is -0.351. The highest BCUT2D eigenvalue weighted by Crippen LogP contribution is 2.49. The quantitative estimate of drug-likeness (QED) is 0.519. The van der Waals surface area contributed by atoms with Crippen LogP contribution < -0.4 is 16.4 Å². The summed E-state index contributed by atoms with van der Waals surface area (Å²) in [5.41, 5.74) is 8.56. The maximum Gasteiger partial charge on any atom is 0.255 e. The molecule has 1 aromatic rings. The van der Waals surface area contributed by atoms with E-state index in [1.165, 1.54) is 0 Å². The lowest BCUT2D eigenvalue weighted by atomic mass is 9.70. The van der Waals surface area contributed by atoms with Crippen molar-refractivity contribution in [2.45, 2.75) is 68.4 Å². The first-order chi connectivity index (χ1) is 15.7. The summed E-state index contributed by atoms with van der Waals surface area (Å²) in [6.45, 7) is 1.72. The van der Waals surface area contributed by atoms with E-state index in [-0.39, 0.29) is 30.0 Å². The lowest BCUT2D eigenvalue weighted by Gasteiger charge is -2.50. The number of fused-ring (bicyclic) bond motifs is 1.